The van der Waals surface area contributed by atoms with Crippen molar-refractivity contribution in [2.45, 2.75) is 27.0 Å². The molecule has 2 aromatic rings. The van der Waals surface area contributed by atoms with Gasteiger partial charge in [0.15, 0.2) is 0 Å². The first-order valence-electron chi connectivity index (χ1n) is 7.16. The molecule has 0 fully saturated rings. The molecule has 0 aliphatic rings. The molecule has 0 bridgehead atoms. The van der Waals surface area contributed by atoms with E-state index in [1.54, 1.807) is 14.0 Å². The minimum absolute atomic E-state index is 0.317. The second-order valence-corrected chi connectivity index (χ2v) is 4.66. The van der Waals surface area contributed by atoms with Gasteiger partial charge in [-0.1, -0.05) is 25.1 Å². The number of hydrogen-bond donors (Lipinski definition) is 0. The quantitative estimate of drug-likeness (QED) is 0.604. The van der Waals surface area contributed by atoms with Crippen LogP contribution in [0.4, 0.5) is 0 Å². The van der Waals surface area contributed by atoms with Crippen LogP contribution in [0, 0.1) is 0 Å². The van der Waals surface area contributed by atoms with Gasteiger partial charge in [0, 0.05) is 29.8 Å². The van der Waals surface area contributed by atoms with Gasteiger partial charge in [-0.15, -0.1) is 0 Å². The highest BCUT2D eigenvalue weighted by Crippen LogP contribution is 2.28. The van der Waals surface area contributed by atoms with E-state index in [9.17, 15) is 4.79 Å². The van der Waals surface area contributed by atoms with E-state index in [1.807, 2.05) is 18.2 Å². The standard InChI is InChI=1S/C17H21NO3/c1-4-15-14(10-11-17(19)21-5-2)13-8-6-7-9-16(13)18(15)12-20-3/h6-11H,4-5,12H2,1-3H3/b11-10+. The Hall–Kier alpha value is -2.07. The summed E-state index contributed by atoms with van der Waals surface area (Å²) in [5, 5.41) is 1.12. The Labute approximate surface area is 125 Å². The first-order valence-corrected chi connectivity index (χ1v) is 7.16. The highest BCUT2D eigenvalue weighted by Gasteiger charge is 2.13. The van der Waals surface area contributed by atoms with Crippen LogP contribution in [0.25, 0.3) is 17.0 Å². The second kappa shape index (κ2) is 7.09. The molecule has 1 aromatic carbocycles. The lowest BCUT2D eigenvalue weighted by atomic mass is 10.1. The molecule has 21 heavy (non-hydrogen) atoms. The molecule has 0 saturated heterocycles. The van der Waals surface area contributed by atoms with E-state index in [4.69, 9.17) is 9.47 Å². The van der Waals surface area contributed by atoms with Crippen molar-refractivity contribution in [3.05, 3.63) is 41.6 Å². The zero-order valence-corrected chi connectivity index (χ0v) is 12.8. The Morgan fingerprint density at radius 3 is 2.71 bits per heavy atom. The number of hydrogen-bond acceptors (Lipinski definition) is 3. The van der Waals surface area contributed by atoms with Crippen molar-refractivity contribution in [3.8, 4) is 0 Å². The van der Waals surface area contributed by atoms with E-state index in [-0.39, 0.29) is 5.97 Å². The first-order chi connectivity index (χ1) is 10.2. The van der Waals surface area contributed by atoms with Crippen LogP contribution >= 0.6 is 0 Å². The molecule has 2 rings (SSSR count). The van der Waals surface area contributed by atoms with E-state index in [2.05, 4.69) is 23.6 Å². The topological polar surface area (TPSA) is 40.5 Å². The van der Waals surface area contributed by atoms with Crippen LogP contribution in [0.3, 0.4) is 0 Å². The number of carbonyl (C=O) groups is 1. The van der Waals surface area contributed by atoms with Gasteiger partial charge in [0.25, 0.3) is 0 Å². The molecule has 0 amide bonds. The SMILES string of the molecule is CCOC(=O)/C=C/c1c(CC)n(COC)c2ccccc12. The van der Waals surface area contributed by atoms with Crippen molar-refractivity contribution < 1.29 is 14.3 Å². The molecule has 0 saturated carbocycles. The monoisotopic (exact) mass is 287 g/mol. The number of esters is 1. The van der Waals surface area contributed by atoms with Crippen molar-refractivity contribution in [1.29, 1.82) is 0 Å². The maximum absolute atomic E-state index is 11.5. The summed E-state index contributed by atoms with van der Waals surface area (Å²) in [4.78, 5) is 11.5. The van der Waals surface area contributed by atoms with Crippen LogP contribution in [0.15, 0.2) is 30.3 Å². The van der Waals surface area contributed by atoms with Crippen molar-refractivity contribution in [2.75, 3.05) is 13.7 Å². The minimum Gasteiger partial charge on any atom is -0.463 e. The number of para-hydroxylation sites is 1. The number of fused-ring (bicyclic) bond motifs is 1. The molecule has 112 valence electrons. The van der Waals surface area contributed by atoms with Gasteiger partial charge >= 0.3 is 5.97 Å². The first kappa shape index (κ1) is 15.3. The second-order valence-electron chi connectivity index (χ2n) is 4.66. The highest BCUT2D eigenvalue weighted by molar-refractivity contribution is 5.95. The molecule has 1 heterocycles. The van der Waals surface area contributed by atoms with Crippen LogP contribution < -0.4 is 0 Å². The van der Waals surface area contributed by atoms with Crippen molar-refractivity contribution in [1.82, 2.24) is 4.57 Å². The molecule has 0 atom stereocenters. The van der Waals surface area contributed by atoms with Gasteiger partial charge in [0.1, 0.15) is 6.73 Å². The fraction of sp³-hybridized carbons (Fsp3) is 0.353. The van der Waals surface area contributed by atoms with Crippen LogP contribution in [0.5, 0.6) is 0 Å². The summed E-state index contributed by atoms with van der Waals surface area (Å²) in [5.74, 6) is -0.317. The fourth-order valence-electron chi connectivity index (χ4n) is 2.57. The molecule has 1 aromatic heterocycles. The zero-order valence-electron chi connectivity index (χ0n) is 12.8. The summed E-state index contributed by atoms with van der Waals surface area (Å²) in [6.07, 6.45) is 4.19. The maximum Gasteiger partial charge on any atom is 0.330 e. The minimum atomic E-state index is -0.317. The third kappa shape index (κ3) is 3.16. The maximum atomic E-state index is 11.5. The van der Waals surface area contributed by atoms with Crippen LogP contribution in [-0.4, -0.2) is 24.3 Å². The normalized spacial score (nSPS) is 11.4. The van der Waals surface area contributed by atoms with Gasteiger partial charge in [-0.3, -0.25) is 0 Å². The third-order valence-electron chi connectivity index (χ3n) is 3.39. The van der Waals surface area contributed by atoms with Gasteiger partial charge in [0.2, 0.25) is 0 Å². The number of methoxy groups -OCH3 is 1. The number of aromatic nitrogens is 1. The van der Waals surface area contributed by atoms with E-state index in [0.717, 1.165) is 28.6 Å². The van der Waals surface area contributed by atoms with Gasteiger partial charge in [-0.2, -0.15) is 0 Å². The predicted octanol–water partition coefficient (Wildman–Crippen LogP) is 3.38. The van der Waals surface area contributed by atoms with E-state index >= 15 is 0 Å². The lowest BCUT2D eigenvalue weighted by Crippen LogP contribution is -2.04. The van der Waals surface area contributed by atoms with Gasteiger partial charge in [-0.05, 0) is 25.5 Å². The molecule has 0 radical (unpaired) electrons. The number of nitrogens with zero attached hydrogens (tertiary/aromatic N) is 1. The van der Waals surface area contributed by atoms with E-state index in [1.165, 1.54) is 6.08 Å². The Kier molecular flexibility index (Phi) is 5.17. The zero-order chi connectivity index (χ0) is 15.2. The Bertz CT molecular complexity index is 655. The average molecular weight is 287 g/mol. The molecular weight excluding hydrogens is 266 g/mol. The summed E-state index contributed by atoms with van der Waals surface area (Å²) in [7, 11) is 1.68. The lowest BCUT2D eigenvalue weighted by Gasteiger charge is -2.08. The van der Waals surface area contributed by atoms with Crippen molar-refractivity contribution in [2.24, 2.45) is 0 Å². The summed E-state index contributed by atoms with van der Waals surface area (Å²) in [5.41, 5.74) is 3.32. The molecule has 4 heteroatoms. The van der Waals surface area contributed by atoms with Crippen LogP contribution in [0.1, 0.15) is 25.1 Å². The molecular formula is C17H21NO3. The molecule has 0 unspecified atom stereocenters. The number of benzene rings is 1. The molecule has 4 nitrogen and oxygen atoms in total. The Balaban J connectivity index is 2.53. The predicted molar refractivity (Wildman–Crippen MR) is 84.0 cm³/mol. The lowest BCUT2D eigenvalue weighted by molar-refractivity contribution is -0.137. The Morgan fingerprint density at radius 2 is 2.05 bits per heavy atom. The van der Waals surface area contributed by atoms with Gasteiger partial charge < -0.3 is 14.0 Å². The summed E-state index contributed by atoms with van der Waals surface area (Å²) >= 11 is 0. The van der Waals surface area contributed by atoms with Crippen LogP contribution in [-0.2, 0) is 27.4 Å². The summed E-state index contributed by atoms with van der Waals surface area (Å²) in [6, 6.07) is 8.13. The number of rotatable bonds is 6. The van der Waals surface area contributed by atoms with E-state index < -0.39 is 0 Å². The molecule has 0 spiro atoms. The van der Waals surface area contributed by atoms with E-state index in [0.29, 0.717) is 13.3 Å². The number of carbonyl (C=O) groups excluding carboxylic acids is 1. The summed E-state index contributed by atoms with van der Waals surface area (Å²) in [6.45, 7) is 4.78. The number of ether oxygens (including phenoxy) is 2. The fourth-order valence-corrected chi connectivity index (χ4v) is 2.57. The molecule has 0 N–H and O–H groups in total. The summed E-state index contributed by atoms with van der Waals surface area (Å²) < 4.78 is 12.4. The molecule has 0 aliphatic carbocycles. The average Bonchev–Trinajstić information content (AvgIpc) is 2.79. The van der Waals surface area contributed by atoms with Crippen molar-refractivity contribution >= 4 is 22.9 Å². The van der Waals surface area contributed by atoms with Crippen molar-refractivity contribution in [3.63, 3.8) is 0 Å². The largest absolute Gasteiger partial charge is 0.463 e. The smallest absolute Gasteiger partial charge is 0.330 e. The Morgan fingerprint density at radius 1 is 1.29 bits per heavy atom. The molecule has 0 aliphatic heterocycles. The highest BCUT2D eigenvalue weighted by atomic mass is 16.5. The van der Waals surface area contributed by atoms with Crippen LogP contribution in [0.2, 0.25) is 0 Å². The van der Waals surface area contributed by atoms with Gasteiger partial charge in [-0.25, -0.2) is 4.79 Å². The third-order valence-corrected chi connectivity index (χ3v) is 3.39. The van der Waals surface area contributed by atoms with Gasteiger partial charge in [0.05, 0.1) is 12.1 Å².